The van der Waals surface area contributed by atoms with Gasteiger partial charge in [-0.3, -0.25) is 0 Å². The Kier molecular flexibility index (Phi) is 5.33. The van der Waals surface area contributed by atoms with E-state index in [9.17, 15) is 0 Å². The minimum absolute atomic E-state index is 0.821. The molecule has 0 bridgehead atoms. The molecule has 0 unspecified atom stereocenters. The van der Waals surface area contributed by atoms with E-state index < -0.39 is 0 Å². The van der Waals surface area contributed by atoms with E-state index in [2.05, 4.69) is 62.6 Å². The third kappa shape index (κ3) is 3.15. The molecule has 1 rings (SSSR count). The molecule has 0 aliphatic heterocycles. The van der Waals surface area contributed by atoms with Gasteiger partial charge in [-0.1, -0.05) is 0 Å². The summed E-state index contributed by atoms with van der Waals surface area (Å²) < 4.78 is 0. The van der Waals surface area contributed by atoms with Crippen LogP contribution < -0.4 is 9.80 Å². The minimum atomic E-state index is 0.821. The fraction of sp³-hybridized carbons (Fsp3) is 0.533. The largest absolute Gasteiger partial charge is 0.372 e. The summed E-state index contributed by atoms with van der Waals surface area (Å²) in [7, 11) is 0. The van der Waals surface area contributed by atoms with Crippen molar-refractivity contribution in [3.8, 4) is 0 Å². The van der Waals surface area contributed by atoms with Crippen molar-refractivity contribution < 1.29 is 0 Å². The maximum atomic E-state index is 3.98. The van der Waals surface area contributed by atoms with Gasteiger partial charge in [0.05, 0.1) is 0 Å². The van der Waals surface area contributed by atoms with Gasteiger partial charge in [0.2, 0.25) is 0 Å². The molecular weight excluding hydrogens is 208 g/mol. The molecule has 2 heteroatoms. The van der Waals surface area contributed by atoms with Crippen molar-refractivity contribution in [3.05, 3.63) is 30.7 Å². The van der Waals surface area contributed by atoms with Gasteiger partial charge in [-0.2, -0.15) is 0 Å². The first-order valence-electron chi connectivity index (χ1n) is 6.57. The zero-order chi connectivity index (χ0) is 12.8. The van der Waals surface area contributed by atoms with Crippen LogP contribution >= 0.6 is 0 Å². The van der Waals surface area contributed by atoms with Gasteiger partial charge in [0.15, 0.2) is 0 Å². The summed E-state index contributed by atoms with van der Waals surface area (Å²) in [5.41, 5.74) is 3.95. The van der Waals surface area contributed by atoms with Gasteiger partial charge in [-0.25, -0.2) is 0 Å². The lowest BCUT2D eigenvalue weighted by molar-refractivity contribution is 0.862. The molecule has 95 valence electrons. The molecule has 0 aromatic heterocycles. The lowest BCUT2D eigenvalue weighted by atomic mass is 10.1. The summed E-state index contributed by atoms with van der Waals surface area (Å²) in [6.07, 6.45) is 0. The average Bonchev–Trinajstić information content (AvgIpc) is 2.34. The zero-order valence-electron chi connectivity index (χ0n) is 11.7. The standard InChI is InChI=1S/C15H25N2/c1-6-16(7-2)14-10-11-15(13(5)12-14)17(8-3)9-4/h10-12H,3,6-9H2,1-2,4-5H3. The Morgan fingerprint density at radius 3 is 2.00 bits per heavy atom. The van der Waals surface area contributed by atoms with Crippen LogP contribution in [0.3, 0.4) is 0 Å². The molecule has 0 saturated heterocycles. The maximum Gasteiger partial charge on any atom is 0.0397 e. The number of anilines is 2. The quantitative estimate of drug-likeness (QED) is 0.742. The Morgan fingerprint density at radius 2 is 1.59 bits per heavy atom. The number of rotatable bonds is 6. The Bertz CT molecular complexity index is 339. The average molecular weight is 233 g/mol. The third-order valence-electron chi connectivity index (χ3n) is 3.30. The predicted molar refractivity (Wildman–Crippen MR) is 78.0 cm³/mol. The predicted octanol–water partition coefficient (Wildman–Crippen LogP) is 3.50. The van der Waals surface area contributed by atoms with E-state index in [1.54, 1.807) is 0 Å². The number of nitrogens with zero attached hydrogens (tertiary/aromatic N) is 2. The SMILES string of the molecule is [CH2]CN(CC)c1ccc(N(CC)CC)cc1C. The van der Waals surface area contributed by atoms with E-state index in [1.807, 2.05) is 0 Å². The highest BCUT2D eigenvalue weighted by molar-refractivity contribution is 5.61. The molecule has 17 heavy (non-hydrogen) atoms. The molecule has 1 aromatic carbocycles. The second-order valence-electron chi connectivity index (χ2n) is 4.22. The summed E-state index contributed by atoms with van der Waals surface area (Å²) >= 11 is 0. The normalized spacial score (nSPS) is 10.4. The van der Waals surface area contributed by atoms with Crippen LogP contribution in [0.4, 0.5) is 11.4 Å². The van der Waals surface area contributed by atoms with Crippen molar-refractivity contribution >= 4 is 11.4 Å². The number of aryl methyl sites for hydroxylation is 1. The fourth-order valence-electron chi connectivity index (χ4n) is 2.23. The van der Waals surface area contributed by atoms with Gasteiger partial charge in [0.25, 0.3) is 0 Å². The lowest BCUT2D eigenvalue weighted by Crippen LogP contribution is -2.24. The van der Waals surface area contributed by atoms with Gasteiger partial charge < -0.3 is 9.80 Å². The molecule has 0 amide bonds. The summed E-state index contributed by atoms with van der Waals surface area (Å²) in [6.45, 7) is 16.7. The van der Waals surface area contributed by atoms with Gasteiger partial charge >= 0.3 is 0 Å². The third-order valence-corrected chi connectivity index (χ3v) is 3.30. The molecule has 0 saturated carbocycles. The van der Waals surface area contributed by atoms with E-state index in [-0.39, 0.29) is 0 Å². The van der Waals surface area contributed by atoms with E-state index in [0.717, 1.165) is 26.2 Å². The lowest BCUT2D eigenvalue weighted by Gasteiger charge is -2.26. The Morgan fingerprint density at radius 1 is 1.00 bits per heavy atom. The van der Waals surface area contributed by atoms with E-state index >= 15 is 0 Å². The first-order valence-corrected chi connectivity index (χ1v) is 6.57. The molecule has 2 nitrogen and oxygen atoms in total. The van der Waals surface area contributed by atoms with Crippen LogP contribution in [-0.4, -0.2) is 26.2 Å². The fourth-order valence-corrected chi connectivity index (χ4v) is 2.23. The van der Waals surface area contributed by atoms with Gasteiger partial charge in [-0.15, -0.1) is 0 Å². The van der Waals surface area contributed by atoms with Crippen LogP contribution in [0.5, 0.6) is 0 Å². The van der Waals surface area contributed by atoms with E-state index in [0.29, 0.717) is 0 Å². The highest BCUT2D eigenvalue weighted by atomic mass is 15.1. The van der Waals surface area contributed by atoms with Crippen LogP contribution in [0.15, 0.2) is 18.2 Å². The summed E-state index contributed by atoms with van der Waals surface area (Å²) in [5, 5.41) is 0. The Balaban J connectivity index is 3.00. The number of hydrogen-bond donors (Lipinski definition) is 0. The summed E-state index contributed by atoms with van der Waals surface area (Å²) in [6, 6.07) is 6.71. The second kappa shape index (κ2) is 6.53. The molecule has 1 radical (unpaired) electrons. The van der Waals surface area contributed by atoms with E-state index in [4.69, 9.17) is 0 Å². The zero-order valence-corrected chi connectivity index (χ0v) is 11.7. The smallest absolute Gasteiger partial charge is 0.0397 e. The Labute approximate surface area is 106 Å². The van der Waals surface area contributed by atoms with Crippen LogP contribution in [-0.2, 0) is 0 Å². The van der Waals surface area contributed by atoms with Crippen molar-refractivity contribution in [3.63, 3.8) is 0 Å². The first kappa shape index (κ1) is 13.9. The topological polar surface area (TPSA) is 6.48 Å². The minimum Gasteiger partial charge on any atom is -0.372 e. The van der Waals surface area contributed by atoms with Crippen molar-refractivity contribution in [2.45, 2.75) is 27.7 Å². The van der Waals surface area contributed by atoms with Gasteiger partial charge in [0.1, 0.15) is 0 Å². The van der Waals surface area contributed by atoms with Crippen LogP contribution in [0.25, 0.3) is 0 Å². The summed E-state index contributed by atoms with van der Waals surface area (Å²) in [4.78, 5) is 4.67. The second-order valence-corrected chi connectivity index (χ2v) is 4.22. The monoisotopic (exact) mass is 233 g/mol. The number of benzene rings is 1. The van der Waals surface area contributed by atoms with Crippen molar-refractivity contribution in [2.24, 2.45) is 0 Å². The molecule has 0 N–H and O–H groups in total. The highest BCUT2D eigenvalue weighted by Gasteiger charge is 2.08. The molecule has 0 heterocycles. The van der Waals surface area contributed by atoms with E-state index in [1.165, 1.54) is 16.9 Å². The van der Waals surface area contributed by atoms with Crippen molar-refractivity contribution in [1.29, 1.82) is 0 Å². The molecule has 0 spiro atoms. The Hall–Kier alpha value is -1.18. The molecule has 0 aliphatic rings. The van der Waals surface area contributed by atoms with Crippen molar-refractivity contribution in [1.82, 2.24) is 0 Å². The maximum absolute atomic E-state index is 3.98. The molecule has 0 atom stereocenters. The van der Waals surface area contributed by atoms with Crippen molar-refractivity contribution in [2.75, 3.05) is 36.0 Å². The van der Waals surface area contributed by atoms with Crippen LogP contribution in [0, 0.1) is 13.8 Å². The first-order chi connectivity index (χ1) is 8.17. The highest BCUT2D eigenvalue weighted by Crippen LogP contribution is 2.25. The molecular formula is C15H25N2. The van der Waals surface area contributed by atoms with Crippen LogP contribution in [0.1, 0.15) is 26.3 Å². The summed E-state index contributed by atoms with van der Waals surface area (Å²) in [5.74, 6) is 0. The van der Waals surface area contributed by atoms with Gasteiger partial charge in [0, 0.05) is 37.6 Å². The molecule has 0 aliphatic carbocycles. The van der Waals surface area contributed by atoms with Gasteiger partial charge in [-0.05, 0) is 58.4 Å². The van der Waals surface area contributed by atoms with Crippen LogP contribution in [0.2, 0.25) is 0 Å². The number of hydrogen-bond acceptors (Lipinski definition) is 2. The molecule has 0 fully saturated rings. The molecule has 1 aromatic rings.